The van der Waals surface area contributed by atoms with Crippen molar-refractivity contribution >= 4 is 28.3 Å². The van der Waals surface area contributed by atoms with Crippen LogP contribution in [0.25, 0.3) is 21.9 Å². The predicted molar refractivity (Wildman–Crippen MR) is 80.2 cm³/mol. The molecule has 0 spiro atoms. The molecule has 3 rings (SSSR count). The molecule has 21 heavy (non-hydrogen) atoms. The van der Waals surface area contributed by atoms with Crippen LogP contribution < -0.4 is 11.3 Å². The second-order valence-electron chi connectivity index (χ2n) is 4.56. The molecule has 0 aliphatic rings. The van der Waals surface area contributed by atoms with Crippen LogP contribution in [0.5, 0.6) is 0 Å². The van der Waals surface area contributed by atoms with Gasteiger partial charge in [-0.2, -0.15) is 5.26 Å². The maximum atomic E-state index is 9.06. The van der Waals surface area contributed by atoms with Crippen molar-refractivity contribution in [3.8, 4) is 6.07 Å². The van der Waals surface area contributed by atoms with E-state index in [0.717, 1.165) is 27.8 Å². The van der Waals surface area contributed by atoms with Crippen molar-refractivity contribution in [1.82, 2.24) is 20.0 Å². The molecule has 0 amide bonds. The number of aryl methyl sites for hydroxylation is 1. The lowest BCUT2D eigenvalue weighted by Crippen LogP contribution is -2.19. The highest BCUT2D eigenvalue weighted by molar-refractivity contribution is 6.02. The normalized spacial score (nSPS) is 11.3. The first kappa shape index (κ1) is 13.0. The van der Waals surface area contributed by atoms with Crippen LogP contribution in [-0.2, 0) is 13.6 Å². The molecule has 0 aliphatic heterocycles. The third kappa shape index (κ3) is 2.17. The second-order valence-corrected chi connectivity index (χ2v) is 4.56. The molecule has 0 bridgehead atoms. The molecule has 0 fully saturated rings. The van der Waals surface area contributed by atoms with Crippen LogP contribution in [0.2, 0.25) is 0 Å². The molecule has 0 atom stereocenters. The lowest BCUT2D eigenvalue weighted by atomic mass is 10.1. The van der Waals surface area contributed by atoms with Gasteiger partial charge >= 0.3 is 0 Å². The summed E-state index contributed by atoms with van der Waals surface area (Å²) in [5, 5.41) is 9.97. The summed E-state index contributed by atoms with van der Waals surface area (Å²) >= 11 is 0. The molecule has 2 aromatic heterocycles. The van der Waals surface area contributed by atoms with E-state index in [0.29, 0.717) is 12.1 Å². The number of aliphatic imine (C=N–C) groups is 1. The van der Waals surface area contributed by atoms with Gasteiger partial charge in [0.05, 0.1) is 41.7 Å². The third-order valence-electron chi connectivity index (χ3n) is 3.32. The molecular formula is C14H13N7. The average Bonchev–Trinajstić information content (AvgIpc) is 2.84. The molecule has 1 aromatic carbocycles. The molecule has 0 unspecified atom stereocenters. The zero-order chi connectivity index (χ0) is 14.8. The molecular weight excluding hydrogens is 266 g/mol. The van der Waals surface area contributed by atoms with Crippen molar-refractivity contribution < 1.29 is 0 Å². The lowest BCUT2D eigenvalue weighted by molar-refractivity contribution is 0.813. The van der Waals surface area contributed by atoms with Crippen molar-refractivity contribution in [2.75, 3.05) is 0 Å². The Kier molecular flexibility index (Phi) is 3.22. The van der Waals surface area contributed by atoms with Crippen LogP contribution in [0.4, 0.5) is 0 Å². The van der Waals surface area contributed by atoms with Gasteiger partial charge in [0.15, 0.2) is 0 Å². The lowest BCUT2D eigenvalue weighted by Gasteiger charge is -2.03. The fourth-order valence-electron chi connectivity index (χ4n) is 2.34. The minimum atomic E-state index is 0.412. The van der Waals surface area contributed by atoms with E-state index in [1.165, 1.54) is 6.34 Å². The number of fused-ring (bicyclic) bond motifs is 3. The zero-order valence-corrected chi connectivity index (χ0v) is 11.4. The number of hydrogen-bond donors (Lipinski definition) is 2. The number of imidazole rings is 1. The fraction of sp³-hybridized carbons (Fsp3) is 0.143. The molecule has 0 saturated heterocycles. The molecule has 2 heterocycles. The molecule has 104 valence electrons. The van der Waals surface area contributed by atoms with E-state index in [2.05, 4.69) is 26.5 Å². The number of rotatable bonds is 3. The van der Waals surface area contributed by atoms with Gasteiger partial charge in [-0.1, -0.05) is 0 Å². The van der Waals surface area contributed by atoms with Gasteiger partial charge in [0.2, 0.25) is 0 Å². The molecule has 0 radical (unpaired) electrons. The number of nitrogens with one attached hydrogen (secondary N) is 1. The van der Waals surface area contributed by atoms with E-state index < -0.39 is 0 Å². The van der Waals surface area contributed by atoms with Crippen molar-refractivity contribution in [3.63, 3.8) is 0 Å². The average molecular weight is 279 g/mol. The van der Waals surface area contributed by atoms with Gasteiger partial charge in [0, 0.05) is 12.4 Å². The highest BCUT2D eigenvalue weighted by Gasteiger charge is 2.11. The highest BCUT2D eigenvalue weighted by atomic mass is 15.2. The predicted octanol–water partition coefficient (Wildman–Crippen LogP) is 0.985. The quantitative estimate of drug-likeness (QED) is 0.322. The molecule has 0 saturated carbocycles. The van der Waals surface area contributed by atoms with E-state index >= 15 is 0 Å². The van der Waals surface area contributed by atoms with Gasteiger partial charge in [-0.25, -0.2) is 10.8 Å². The number of hydrazine groups is 1. The number of nitrogens with zero attached hydrogens (tertiary/aromatic N) is 5. The summed E-state index contributed by atoms with van der Waals surface area (Å²) in [6.07, 6.45) is 3.15. The first-order valence-corrected chi connectivity index (χ1v) is 6.33. The number of hydrogen-bond acceptors (Lipinski definition) is 5. The minimum Gasteiger partial charge on any atom is -0.329 e. The highest BCUT2D eigenvalue weighted by Crippen LogP contribution is 2.25. The SMILES string of the molecule is Cn1c(CN=CNN)nc2cnc3ccc(C#N)cc3c21. The van der Waals surface area contributed by atoms with E-state index in [-0.39, 0.29) is 0 Å². The van der Waals surface area contributed by atoms with Crippen LogP contribution in [0.1, 0.15) is 11.4 Å². The van der Waals surface area contributed by atoms with Crippen molar-refractivity contribution in [2.24, 2.45) is 17.9 Å². The molecule has 7 nitrogen and oxygen atoms in total. The molecule has 0 aliphatic carbocycles. The number of nitriles is 1. The van der Waals surface area contributed by atoms with Gasteiger partial charge < -0.3 is 9.99 Å². The topological polar surface area (TPSA) is 105 Å². The maximum absolute atomic E-state index is 9.06. The van der Waals surface area contributed by atoms with Crippen molar-refractivity contribution in [3.05, 3.63) is 35.8 Å². The van der Waals surface area contributed by atoms with E-state index in [1.54, 1.807) is 12.3 Å². The van der Waals surface area contributed by atoms with Crippen LogP contribution >= 0.6 is 0 Å². The number of nitrogens with two attached hydrogens (primary N) is 1. The van der Waals surface area contributed by atoms with Gasteiger partial charge in [-0.15, -0.1) is 0 Å². The Labute approximate surface area is 120 Å². The summed E-state index contributed by atoms with van der Waals surface area (Å²) in [7, 11) is 1.93. The van der Waals surface area contributed by atoms with Gasteiger partial charge in [-0.3, -0.25) is 9.98 Å². The van der Waals surface area contributed by atoms with Gasteiger partial charge in [0.1, 0.15) is 11.3 Å². The number of benzene rings is 1. The van der Waals surface area contributed by atoms with E-state index in [9.17, 15) is 0 Å². The molecule has 7 heteroatoms. The summed E-state index contributed by atoms with van der Waals surface area (Å²) in [4.78, 5) is 13.0. The Balaban J connectivity index is 2.24. The number of pyridine rings is 1. The maximum Gasteiger partial charge on any atom is 0.131 e. The largest absolute Gasteiger partial charge is 0.329 e. The zero-order valence-electron chi connectivity index (χ0n) is 11.4. The van der Waals surface area contributed by atoms with Crippen molar-refractivity contribution in [1.29, 1.82) is 5.26 Å². The Morgan fingerprint density at radius 1 is 1.48 bits per heavy atom. The summed E-state index contributed by atoms with van der Waals surface area (Å²) in [5.41, 5.74) is 5.53. The Morgan fingerprint density at radius 3 is 3.10 bits per heavy atom. The van der Waals surface area contributed by atoms with Crippen LogP contribution in [-0.4, -0.2) is 20.9 Å². The second kappa shape index (κ2) is 5.19. The summed E-state index contributed by atoms with van der Waals surface area (Å²) in [6.45, 7) is 0.412. The van der Waals surface area contributed by atoms with Crippen molar-refractivity contribution in [2.45, 2.75) is 6.54 Å². The Bertz CT molecular complexity index is 886. The fourth-order valence-corrected chi connectivity index (χ4v) is 2.34. The molecule has 3 aromatic rings. The van der Waals surface area contributed by atoms with E-state index in [4.69, 9.17) is 11.1 Å². The van der Waals surface area contributed by atoms with Crippen LogP contribution in [0, 0.1) is 11.3 Å². The van der Waals surface area contributed by atoms with Gasteiger partial charge in [-0.05, 0) is 18.2 Å². The summed E-state index contributed by atoms with van der Waals surface area (Å²) in [6, 6.07) is 7.59. The summed E-state index contributed by atoms with van der Waals surface area (Å²) < 4.78 is 1.97. The first-order chi connectivity index (χ1) is 10.2. The van der Waals surface area contributed by atoms with Gasteiger partial charge in [0.25, 0.3) is 0 Å². The summed E-state index contributed by atoms with van der Waals surface area (Å²) in [5.74, 6) is 5.94. The monoisotopic (exact) mass is 279 g/mol. The first-order valence-electron chi connectivity index (χ1n) is 6.33. The smallest absolute Gasteiger partial charge is 0.131 e. The Hall–Kier alpha value is -2.98. The third-order valence-corrected chi connectivity index (χ3v) is 3.32. The van der Waals surface area contributed by atoms with E-state index in [1.807, 2.05) is 23.7 Å². The Morgan fingerprint density at radius 2 is 2.33 bits per heavy atom. The minimum absolute atomic E-state index is 0.412. The molecule has 3 N–H and O–H groups in total. The van der Waals surface area contributed by atoms with Crippen LogP contribution in [0.15, 0.2) is 29.4 Å². The van der Waals surface area contributed by atoms with Crippen LogP contribution in [0.3, 0.4) is 0 Å². The number of aromatic nitrogens is 3. The standard InChI is InChI=1S/C14H13N7/c1-21-13(7-17-8-19-16)20-12-6-18-11-3-2-9(5-15)4-10(11)14(12)21/h2-4,6,8H,7,16H2,1H3,(H,17,19).